The number of carboxylic acid groups (broad SMARTS) is 2. The fourth-order valence-corrected chi connectivity index (χ4v) is 2.01. The summed E-state index contributed by atoms with van der Waals surface area (Å²) in [5, 5.41) is 17.8. The molecule has 0 aromatic heterocycles. The molecule has 80 valence electrons. The standard InChI is InChI=1S/C9H15NO4/c1-2-10-5-3-4-6(8(11)12)7(10)9(13)14/h6-7H,2-5H2,1H3,(H,11,12)(H,13,14)/t6-,7-/m1/s1. The summed E-state index contributed by atoms with van der Waals surface area (Å²) in [5.74, 6) is -2.80. The minimum absolute atomic E-state index is 0.461. The molecule has 2 atom stereocenters. The smallest absolute Gasteiger partial charge is 0.321 e. The number of hydrogen-bond donors (Lipinski definition) is 2. The number of likely N-dealkylation sites (tertiary alicyclic amines) is 1. The van der Waals surface area contributed by atoms with Gasteiger partial charge >= 0.3 is 11.9 Å². The molecular weight excluding hydrogens is 186 g/mol. The zero-order chi connectivity index (χ0) is 10.7. The molecule has 0 radical (unpaired) electrons. The SMILES string of the molecule is CCN1CCC[C@@H](C(=O)O)[C@@H]1C(=O)O. The highest BCUT2D eigenvalue weighted by Crippen LogP contribution is 2.23. The Bertz CT molecular complexity index is 241. The highest BCUT2D eigenvalue weighted by molar-refractivity contribution is 5.82. The molecule has 1 saturated heterocycles. The second-order valence-electron chi connectivity index (χ2n) is 3.50. The Morgan fingerprint density at radius 3 is 2.43 bits per heavy atom. The summed E-state index contributed by atoms with van der Waals surface area (Å²) in [7, 11) is 0. The Hall–Kier alpha value is -1.10. The molecule has 0 unspecified atom stereocenters. The van der Waals surface area contributed by atoms with E-state index in [1.54, 1.807) is 4.90 Å². The highest BCUT2D eigenvalue weighted by Gasteiger charge is 2.40. The van der Waals surface area contributed by atoms with Gasteiger partial charge in [-0.05, 0) is 25.9 Å². The molecule has 0 aromatic carbocycles. The van der Waals surface area contributed by atoms with E-state index in [1.165, 1.54) is 0 Å². The third-order valence-electron chi connectivity index (χ3n) is 2.71. The number of piperidine rings is 1. The van der Waals surface area contributed by atoms with Crippen molar-refractivity contribution in [3.05, 3.63) is 0 Å². The zero-order valence-electron chi connectivity index (χ0n) is 8.14. The van der Waals surface area contributed by atoms with Gasteiger partial charge in [-0.15, -0.1) is 0 Å². The number of rotatable bonds is 3. The lowest BCUT2D eigenvalue weighted by molar-refractivity contribution is -0.157. The van der Waals surface area contributed by atoms with E-state index in [1.807, 2.05) is 6.92 Å². The lowest BCUT2D eigenvalue weighted by Gasteiger charge is -2.35. The molecular formula is C9H15NO4. The highest BCUT2D eigenvalue weighted by atomic mass is 16.4. The van der Waals surface area contributed by atoms with E-state index in [0.29, 0.717) is 19.5 Å². The van der Waals surface area contributed by atoms with Crippen molar-refractivity contribution in [1.29, 1.82) is 0 Å². The van der Waals surface area contributed by atoms with Crippen molar-refractivity contribution in [2.75, 3.05) is 13.1 Å². The largest absolute Gasteiger partial charge is 0.481 e. The van der Waals surface area contributed by atoms with Crippen LogP contribution in [0, 0.1) is 5.92 Å². The van der Waals surface area contributed by atoms with E-state index >= 15 is 0 Å². The number of aliphatic carboxylic acids is 2. The predicted octanol–water partition coefficient (Wildman–Crippen LogP) is 0.256. The minimum Gasteiger partial charge on any atom is -0.481 e. The molecule has 5 heteroatoms. The molecule has 1 aliphatic heterocycles. The third kappa shape index (κ3) is 2.04. The molecule has 0 bridgehead atoms. The quantitative estimate of drug-likeness (QED) is 0.684. The second-order valence-corrected chi connectivity index (χ2v) is 3.50. The summed E-state index contributed by atoms with van der Waals surface area (Å²) in [6, 6.07) is -0.855. The van der Waals surface area contributed by atoms with Crippen molar-refractivity contribution in [2.24, 2.45) is 5.92 Å². The van der Waals surface area contributed by atoms with Gasteiger partial charge in [-0.1, -0.05) is 6.92 Å². The van der Waals surface area contributed by atoms with E-state index in [-0.39, 0.29) is 0 Å². The number of carbonyl (C=O) groups is 2. The molecule has 14 heavy (non-hydrogen) atoms. The van der Waals surface area contributed by atoms with Gasteiger partial charge < -0.3 is 10.2 Å². The van der Waals surface area contributed by atoms with E-state index in [0.717, 1.165) is 6.42 Å². The van der Waals surface area contributed by atoms with Crippen LogP contribution in [0.5, 0.6) is 0 Å². The van der Waals surface area contributed by atoms with Gasteiger partial charge in [-0.25, -0.2) is 0 Å². The summed E-state index contributed by atoms with van der Waals surface area (Å²) in [6.07, 6.45) is 1.22. The fraction of sp³-hybridized carbons (Fsp3) is 0.778. The van der Waals surface area contributed by atoms with Gasteiger partial charge in [0.1, 0.15) is 6.04 Å². The Balaban J connectivity index is 2.83. The topological polar surface area (TPSA) is 77.8 Å². The normalized spacial score (nSPS) is 28.6. The molecule has 1 fully saturated rings. The van der Waals surface area contributed by atoms with Crippen molar-refractivity contribution in [2.45, 2.75) is 25.8 Å². The van der Waals surface area contributed by atoms with E-state index in [4.69, 9.17) is 10.2 Å². The maximum absolute atomic E-state index is 10.9. The molecule has 0 spiro atoms. The minimum atomic E-state index is -1.03. The summed E-state index contributed by atoms with van der Waals surface area (Å²) >= 11 is 0. The second kappa shape index (κ2) is 4.41. The fourth-order valence-electron chi connectivity index (χ4n) is 2.01. The maximum Gasteiger partial charge on any atom is 0.321 e. The first-order valence-electron chi connectivity index (χ1n) is 4.77. The van der Waals surface area contributed by atoms with Crippen LogP contribution >= 0.6 is 0 Å². The molecule has 1 rings (SSSR count). The maximum atomic E-state index is 10.9. The Labute approximate surface area is 82.3 Å². The van der Waals surface area contributed by atoms with Gasteiger partial charge in [0.2, 0.25) is 0 Å². The number of nitrogens with zero attached hydrogens (tertiary/aromatic N) is 1. The molecule has 2 N–H and O–H groups in total. The lowest BCUT2D eigenvalue weighted by Crippen LogP contribution is -2.52. The van der Waals surface area contributed by atoms with E-state index in [2.05, 4.69) is 0 Å². The molecule has 0 aliphatic carbocycles. The molecule has 1 aliphatic rings. The zero-order valence-corrected chi connectivity index (χ0v) is 8.14. The Morgan fingerprint density at radius 2 is 2.00 bits per heavy atom. The van der Waals surface area contributed by atoms with Crippen LogP contribution in [0.4, 0.5) is 0 Å². The van der Waals surface area contributed by atoms with Crippen molar-refractivity contribution < 1.29 is 19.8 Å². The van der Waals surface area contributed by atoms with Crippen molar-refractivity contribution in [3.8, 4) is 0 Å². The molecule has 0 saturated carbocycles. The monoisotopic (exact) mass is 201 g/mol. The van der Waals surface area contributed by atoms with Crippen LogP contribution < -0.4 is 0 Å². The van der Waals surface area contributed by atoms with Gasteiger partial charge in [0.25, 0.3) is 0 Å². The van der Waals surface area contributed by atoms with Gasteiger partial charge in [0.15, 0.2) is 0 Å². The number of likely N-dealkylation sites (N-methyl/N-ethyl adjacent to an activating group) is 1. The average Bonchev–Trinajstić information content (AvgIpc) is 2.16. The third-order valence-corrected chi connectivity index (χ3v) is 2.71. The Morgan fingerprint density at radius 1 is 1.36 bits per heavy atom. The predicted molar refractivity (Wildman–Crippen MR) is 49.0 cm³/mol. The molecule has 0 amide bonds. The van der Waals surface area contributed by atoms with Gasteiger partial charge in [-0.3, -0.25) is 14.5 Å². The Kier molecular flexibility index (Phi) is 3.46. The van der Waals surface area contributed by atoms with Crippen molar-refractivity contribution in [3.63, 3.8) is 0 Å². The molecule has 1 heterocycles. The van der Waals surface area contributed by atoms with E-state index < -0.39 is 23.9 Å². The van der Waals surface area contributed by atoms with Crippen molar-refractivity contribution in [1.82, 2.24) is 4.90 Å². The summed E-state index contributed by atoms with van der Waals surface area (Å²) in [4.78, 5) is 23.5. The summed E-state index contributed by atoms with van der Waals surface area (Å²) in [5.41, 5.74) is 0. The van der Waals surface area contributed by atoms with Gasteiger partial charge in [0.05, 0.1) is 5.92 Å². The molecule has 0 aromatic rings. The average molecular weight is 201 g/mol. The molecule has 5 nitrogen and oxygen atoms in total. The van der Waals surface area contributed by atoms with Gasteiger partial charge in [-0.2, -0.15) is 0 Å². The van der Waals surface area contributed by atoms with Crippen LogP contribution in [0.25, 0.3) is 0 Å². The van der Waals surface area contributed by atoms with Crippen LogP contribution in [-0.4, -0.2) is 46.2 Å². The summed E-state index contributed by atoms with van der Waals surface area (Å²) < 4.78 is 0. The van der Waals surface area contributed by atoms with Crippen LogP contribution in [0.2, 0.25) is 0 Å². The first-order valence-corrected chi connectivity index (χ1v) is 4.77. The number of carboxylic acids is 2. The van der Waals surface area contributed by atoms with Crippen LogP contribution in [0.3, 0.4) is 0 Å². The van der Waals surface area contributed by atoms with Crippen LogP contribution in [0.15, 0.2) is 0 Å². The first kappa shape index (κ1) is 11.0. The van der Waals surface area contributed by atoms with Crippen molar-refractivity contribution >= 4 is 11.9 Å². The number of hydrogen-bond acceptors (Lipinski definition) is 3. The first-order chi connectivity index (χ1) is 6.57. The lowest BCUT2D eigenvalue weighted by atomic mass is 9.89. The van der Waals surface area contributed by atoms with Crippen LogP contribution in [0.1, 0.15) is 19.8 Å². The summed E-state index contributed by atoms with van der Waals surface area (Å²) in [6.45, 7) is 3.11. The van der Waals surface area contributed by atoms with E-state index in [9.17, 15) is 9.59 Å². The van der Waals surface area contributed by atoms with Gasteiger partial charge in [0, 0.05) is 0 Å². The van der Waals surface area contributed by atoms with Crippen LogP contribution in [-0.2, 0) is 9.59 Å².